The molecule has 0 spiro atoms. The van der Waals surface area contributed by atoms with Gasteiger partial charge >= 0.3 is 0 Å². The number of rotatable bonds is 2. The van der Waals surface area contributed by atoms with Gasteiger partial charge in [-0.15, -0.1) is 22.7 Å². The molecule has 0 aliphatic carbocycles. The van der Waals surface area contributed by atoms with Crippen molar-refractivity contribution in [2.24, 2.45) is 0 Å². The van der Waals surface area contributed by atoms with Crippen molar-refractivity contribution in [3.63, 3.8) is 0 Å². The standard InChI is InChI=1S/C30H20N2S2/c1-17-7-9-19-23(15-17)24-16-18(2)8-10-20(24)28-27(19)31-29-21(25-5-3-13-33-25)11-12-22(30(29)32-28)26-6-4-14-34-26/h3-16H,1-2H3. The fourth-order valence-electron chi connectivity index (χ4n) is 4.95. The summed E-state index contributed by atoms with van der Waals surface area (Å²) in [4.78, 5) is 13.2. The molecule has 4 heteroatoms. The maximum Gasteiger partial charge on any atom is 0.0988 e. The van der Waals surface area contributed by atoms with Crippen molar-refractivity contribution < 1.29 is 0 Å². The first-order valence-electron chi connectivity index (χ1n) is 11.3. The summed E-state index contributed by atoms with van der Waals surface area (Å²) in [5.74, 6) is 0. The molecule has 0 amide bonds. The van der Waals surface area contributed by atoms with Crippen LogP contribution in [-0.2, 0) is 0 Å². The molecule has 4 aromatic carbocycles. The van der Waals surface area contributed by atoms with Crippen molar-refractivity contribution in [3.05, 3.63) is 94.7 Å². The molecule has 3 heterocycles. The van der Waals surface area contributed by atoms with Crippen molar-refractivity contribution in [1.82, 2.24) is 9.97 Å². The number of hydrogen-bond donors (Lipinski definition) is 0. The first-order chi connectivity index (χ1) is 16.7. The largest absolute Gasteiger partial charge is 0.243 e. The van der Waals surface area contributed by atoms with E-state index < -0.39 is 0 Å². The van der Waals surface area contributed by atoms with Crippen LogP contribution in [0.3, 0.4) is 0 Å². The summed E-state index contributed by atoms with van der Waals surface area (Å²) >= 11 is 3.49. The van der Waals surface area contributed by atoms with Crippen LogP contribution in [0.1, 0.15) is 11.1 Å². The van der Waals surface area contributed by atoms with Crippen LogP contribution < -0.4 is 0 Å². The Morgan fingerprint density at radius 2 is 0.971 bits per heavy atom. The summed E-state index contributed by atoms with van der Waals surface area (Å²) in [5.41, 5.74) is 8.67. The zero-order valence-corrected chi connectivity index (χ0v) is 20.4. The second-order valence-electron chi connectivity index (χ2n) is 8.83. The molecular formula is C30H20N2S2. The van der Waals surface area contributed by atoms with Crippen LogP contribution in [0.2, 0.25) is 0 Å². The lowest BCUT2D eigenvalue weighted by Gasteiger charge is -2.14. The molecule has 7 aromatic rings. The molecule has 2 nitrogen and oxygen atoms in total. The Morgan fingerprint density at radius 3 is 1.38 bits per heavy atom. The van der Waals surface area contributed by atoms with Crippen molar-refractivity contribution in [1.29, 1.82) is 0 Å². The Kier molecular flexibility index (Phi) is 4.35. The maximum absolute atomic E-state index is 5.38. The molecule has 0 radical (unpaired) electrons. The smallest absolute Gasteiger partial charge is 0.0988 e. The van der Waals surface area contributed by atoms with Gasteiger partial charge in [0.15, 0.2) is 0 Å². The predicted octanol–water partition coefficient (Wildman–Crippen LogP) is 9.16. The maximum atomic E-state index is 5.38. The summed E-state index contributed by atoms with van der Waals surface area (Å²) in [6.45, 7) is 4.30. The second-order valence-corrected chi connectivity index (χ2v) is 10.7. The lowest BCUT2D eigenvalue weighted by atomic mass is 9.96. The van der Waals surface area contributed by atoms with Gasteiger partial charge in [-0.3, -0.25) is 0 Å². The van der Waals surface area contributed by atoms with E-state index in [-0.39, 0.29) is 0 Å². The van der Waals surface area contributed by atoms with Crippen LogP contribution >= 0.6 is 22.7 Å². The second kappa shape index (κ2) is 7.45. The third-order valence-corrected chi connectivity index (χ3v) is 8.35. The molecule has 3 aromatic heterocycles. The van der Waals surface area contributed by atoms with Crippen LogP contribution in [0.5, 0.6) is 0 Å². The molecule has 0 atom stereocenters. The molecule has 0 aliphatic rings. The SMILES string of the molecule is Cc1ccc2c(c1)c1cc(C)ccc1c1nc3c(-c4cccs4)ccc(-c4cccs4)c3nc21. The molecule has 7 rings (SSSR count). The minimum Gasteiger partial charge on any atom is -0.243 e. The van der Waals surface area contributed by atoms with Gasteiger partial charge in [0.2, 0.25) is 0 Å². The van der Waals surface area contributed by atoms with Gasteiger partial charge in [0.05, 0.1) is 22.1 Å². The average Bonchev–Trinajstić information content (AvgIpc) is 3.57. The zero-order chi connectivity index (χ0) is 22.8. The number of fused-ring (bicyclic) bond motifs is 7. The number of aromatic nitrogens is 2. The van der Waals surface area contributed by atoms with Crippen LogP contribution in [0.15, 0.2) is 83.6 Å². The minimum atomic E-state index is 0.967. The summed E-state index contributed by atoms with van der Waals surface area (Å²) in [6, 6.07) is 26.3. The van der Waals surface area contributed by atoms with E-state index in [2.05, 4.69) is 97.4 Å². The zero-order valence-electron chi connectivity index (χ0n) is 18.8. The number of nitrogens with zero attached hydrogens (tertiary/aromatic N) is 2. The Morgan fingerprint density at radius 1 is 0.500 bits per heavy atom. The molecule has 0 unspecified atom stereocenters. The van der Waals surface area contributed by atoms with Gasteiger partial charge < -0.3 is 0 Å². The van der Waals surface area contributed by atoms with E-state index in [4.69, 9.17) is 9.97 Å². The Balaban J connectivity index is 1.73. The molecule has 0 fully saturated rings. The lowest BCUT2D eigenvalue weighted by Crippen LogP contribution is -1.95. The molecule has 0 N–H and O–H groups in total. The Bertz CT molecular complexity index is 1730. The highest BCUT2D eigenvalue weighted by Crippen LogP contribution is 2.41. The van der Waals surface area contributed by atoms with E-state index in [0.29, 0.717) is 0 Å². The molecule has 0 saturated carbocycles. The quantitative estimate of drug-likeness (QED) is 0.185. The van der Waals surface area contributed by atoms with Crippen LogP contribution in [0, 0.1) is 13.8 Å². The van der Waals surface area contributed by atoms with E-state index >= 15 is 0 Å². The number of hydrogen-bond acceptors (Lipinski definition) is 4. The third kappa shape index (κ3) is 2.92. The Labute approximate surface area is 205 Å². The molecule has 34 heavy (non-hydrogen) atoms. The van der Waals surface area contributed by atoms with Crippen LogP contribution in [-0.4, -0.2) is 9.97 Å². The van der Waals surface area contributed by atoms with E-state index in [9.17, 15) is 0 Å². The Hall–Kier alpha value is -3.60. The van der Waals surface area contributed by atoms with E-state index in [1.807, 2.05) is 0 Å². The van der Waals surface area contributed by atoms with Crippen LogP contribution in [0.4, 0.5) is 0 Å². The monoisotopic (exact) mass is 472 g/mol. The normalized spacial score (nSPS) is 11.8. The van der Waals surface area contributed by atoms with Crippen molar-refractivity contribution in [3.8, 4) is 20.9 Å². The van der Waals surface area contributed by atoms with Gasteiger partial charge in [-0.05, 0) is 47.5 Å². The topological polar surface area (TPSA) is 25.8 Å². The average molecular weight is 473 g/mol. The molecule has 162 valence electrons. The lowest BCUT2D eigenvalue weighted by molar-refractivity contribution is 1.41. The fourth-order valence-corrected chi connectivity index (χ4v) is 6.45. The van der Waals surface area contributed by atoms with Crippen molar-refractivity contribution in [2.45, 2.75) is 13.8 Å². The van der Waals surface area contributed by atoms with Crippen molar-refractivity contribution in [2.75, 3.05) is 0 Å². The summed E-state index contributed by atoms with van der Waals surface area (Å²) in [6.07, 6.45) is 0. The highest BCUT2D eigenvalue weighted by molar-refractivity contribution is 7.14. The van der Waals surface area contributed by atoms with Gasteiger partial charge in [0.25, 0.3) is 0 Å². The van der Waals surface area contributed by atoms with E-state index in [1.54, 1.807) is 22.7 Å². The van der Waals surface area contributed by atoms with E-state index in [1.165, 1.54) is 31.7 Å². The fraction of sp³-hybridized carbons (Fsp3) is 0.0667. The summed E-state index contributed by atoms with van der Waals surface area (Å²) < 4.78 is 0. The minimum absolute atomic E-state index is 0.967. The van der Waals surface area contributed by atoms with E-state index in [0.717, 1.165) is 44.0 Å². The molecular weight excluding hydrogens is 452 g/mol. The third-order valence-electron chi connectivity index (χ3n) is 6.55. The van der Waals surface area contributed by atoms with Gasteiger partial charge in [-0.2, -0.15) is 0 Å². The van der Waals surface area contributed by atoms with Crippen LogP contribution in [0.25, 0.3) is 64.5 Å². The summed E-state index contributed by atoms with van der Waals surface area (Å²) in [5, 5.41) is 9.05. The number of benzene rings is 4. The van der Waals surface area contributed by atoms with Gasteiger partial charge in [0.1, 0.15) is 0 Å². The predicted molar refractivity (Wildman–Crippen MR) is 148 cm³/mol. The molecule has 0 saturated heterocycles. The summed E-state index contributed by atoms with van der Waals surface area (Å²) in [7, 11) is 0. The highest BCUT2D eigenvalue weighted by Gasteiger charge is 2.18. The van der Waals surface area contributed by atoms with Gasteiger partial charge in [-0.25, -0.2) is 9.97 Å². The number of aryl methyl sites for hydroxylation is 2. The van der Waals surface area contributed by atoms with Gasteiger partial charge in [0, 0.05) is 31.7 Å². The van der Waals surface area contributed by atoms with Crippen molar-refractivity contribution >= 4 is 66.3 Å². The van der Waals surface area contributed by atoms with Gasteiger partial charge in [-0.1, -0.05) is 71.8 Å². The number of thiophene rings is 2. The molecule has 0 aliphatic heterocycles. The first-order valence-corrected chi connectivity index (χ1v) is 13.1. The first kappa shape index (κ1) is 19.8. The highest BCUT2D eigenvalue weighted by atomic mass is 32.1. The molecule has 0 bridgehead atoms.